The van der Waals surface area contributed by atoms with Crippen molar-refractivity contribution in [3.05, 3.63) is 42.1 Å². The van der Waals surface area contributed by atoms with Gasteiger partial charge in [-0.25, -0.2) is 9.97 Å². The Balaban J connectivity index is 1.39. The normalized spacial score (nSPS) is 21.4. The SMILES string of the molecule is CC1CCCCN1C1CN(C(=O)c2ccc(-c3ccnc(N)n3)cc2)C1. The van der Waals surface area contributed by atoms with Crippen LogP contribution in [0.15, 0.2) is 36.5 Å². The predicted molar refractivity (Wildman–Crippen MR) is 102 cm³/mol. The highest BCUT2D eigenvalue weighted by atomic mass is 16.2. The van der Waals surface area contributed by atoms with Crippen LogP contribution < -0.4 is 5.73 Å². The van der Waals surface area contributed by atoms with E-state index < -0.39 is 0 Å². The van der Waals surface area contributed by atoms with Crippen LogP contribution in [-0.2, 0) is 0 Å². The molecule has 4 rings (SSSR count). The summed E-state index contributed by atoms with van der Waals surface area (Å²) in [6.45, 7) is 5.16. The molecular weight excluding hydrogens is 326 g/mol. The van der Waals surface area contributed by atoms with Gasteiger partial charge in [-0.1, -0.05) is 18.6 Å². The van der Waals surface area contributed by atoms with E-state index in [4.69, 9.17) is 5.73 Å². The fourth-order valence-electron chi connectivity index (χ4n) is 3.99. The molecule has 2 aliphatic rings. The Bertz CT molecular complexity index is 785. The third-order valence-corrected chi connectivity index (χ3v) is 5.57. The predicted octanol–water partition coefficient (Wildman–Crippen LogP) is 2.42. The Morgan fingerprint density at radius 1 is 1.15 bits per heavy atom. The minimum Gasteiger partial charge on any atom is -0.368 e. The van der Waals surface area contributed by atoms with Crippen LogP contribution in [0.1, 0.15) is 36.5 Å². The van der Waals surface area contributed by atoms with Gasteiger partial charge in [0.25, 0.3) is 5.91 Å². The number of likely N-dealkylation sites (tertiary alicyclic amines) is 2. The summed E-state index contributed by atoms with van der Waals surface area (Å²) in [5.74, 6) is 0.362. The zero-order valence-corrected chi connectivity index (χ0v) is 15.1. The first-order valence-corrected chi connectivity index (χ1v) is 9.36. The Morgan fingerprint density at radius 3 is 2.62 bits per heavy atom. The summed E-state index contributed by atoms with van der Waals surface area (Å²) in [5.41, 5.74) is 8.05. The molecule has 6 heteroatoms. The van der Waals surface area contributed by atoms with Crippen LogP contribution in [0, 0.1) is 0 Å². The molecule has 136 valence electrons. The van der Waals surface area contributed by atoms with Crippen molar-refractivity contribution in [2.45, 2.75) is 38.3 Å². The first-order valence-electron chi connectivity index (χ1n) is 9.36. The standard InChI is InChI=1S/C20H25N5O/c1-14-4-2-3-11-25(14)17-12-24(13-17)19(26)16-7-5-15(6-8-16)18-9-10-22-20(21)23-18/h5-10,14,17H,2-4,11-13H2,1H3,(H2,21,22,23). The van der Waals surface area contributed by atoms with Crippen molar-refractivity contribution < 1.29 is 4.79 Å². The molecule has 2 aliphatic heterocycles. The van der Waals surface area contributed by atoms with Crippen molar-refractivity contribution in [2.75, 3.05) is 25.4 Å². The second kappa shape index (κ2) is 7.03. The molecule has 2 fully saturated rings. The van der Waals surface area contributed by atoms with Crippen molar-refractivity contribution in [3.63, 3.8) is 0 Å². The fourth-order valence-corrected chi connectivity index (χ4v) is 3.99. The summed E-state index contributed by atoms with van der Waals surface area (Å²) in [7, 11) is 0. The van der Waals surface area contributed by atoms with Crippen molar-refractivity contribution in [1.29, 1.82) is 0 Å². The second-order valence-electron chi connectivity index (χ2n) is 7.32. The summed E-state index contributed by atoms with van der Waals surface area (Å²) in [4.78, 5) is 25.3. The lowest BCUT2D eigenvalue weighted by molar-refractivity contribution is 0.00213. The number of carbonyl (C=O) groups excluding carboxylic acids is 1. The van der Waals surface area contributed by atoms with E-state index in [1.165, 1.54) is 25.8 Å². The molecule has 3 heterocycles. The zero-order chi connectivity index (χ0) is 18.1. The number of nitrogen functional groups attached to an aromatic ring is 1. The first kappa shape index (κ1) is 17.0. The third-order valence-electron chi connectivity index (χ3n) is 5.57. The highest BCUT2D eigenvalue weighted by molar-refractivity contribution is 5.95. The number of hydrogen-bond acceptors (Lipinski definition) is 5. The number of nitrogens with two attached hydrogens (primary N) is 1. The van der Waals surface area contributed by atoms with Gasteiger partial charge in [-0.2, -0.15) is 0 Å². The van der Waals surface area contributed by atoms with Crippen LogP contribution in [0.4, 0.5) is 5.95 Å². The Morgan fingerprint density at radius 2 is 1.92 bits per heavy atom. The molecular formula is C20H25N5O. The van der Waals surface area contributed by atoms with E-state index in [0.29, 0.717) is 12.1 Å². The molecule has 2 N–H and O–H groups in total. The van der Waals surface area contributed by atoms with Crippen LogP contribution in [0.2, 0.25) is 0 Å². The lowest BCUT2D eigenvalue weighted by Crippen LogP contribution is -2.63. The van der Waals surface area contributed by atoms with Crippen molar-refractivity contribution in [2.24, 2.45) is 0 Å². The molecule has 6 nitrogen and oxygen atoms in total. The molecule has 0 aliphatic carbocycles. The smallest absolute Gasteiger partial charge is 0.253 e. The largest absolute Gasteiger partial charge is 0.368 e. The van der Waals surface area contributed by atoms with Crippen LogP contribution >= 0.6 is 0 Å². The van der Waals surface area contributed by atoms with E-state index in [-0.39, 0.29) is 11.9 Å². The summed E-state index contributed by atoms with van der Waals surface area (Å²) < 4.78 is 0. The zero-order valence-electron chi connectivity index (χ0n) is 15.1. The van der Waals surface area contributed by atoms with Crippen molar-refractivity contribution in [1.82, 2.24) is 19.8 Å². The molecule has 2 saturated heterocycles. The number of carbonyl (C=O) groups is 1. The molecule has 0 saturated carbocycles. The number of amides is 1. The van der Waals surface area contributed by atoms with Gasteiger partial charge < -0.3 is 10.6 Å². The van der Waals surface area contributed by atoms with E-state index in [9.17, 15) is 4.79 Å². The molecule has 0 radical (unpaired) electrons. The second-order valence-corrected chi connectivity index (χ2v) is 7.32. The van der Waals surface area contributed by atoms with Crippen LogP contribution in [0.25, 0.3) is 11.3 Å². The van der Waals surface area contributed by atoms with Gasteiger partial charge in [0.1, 0.15) is 0 Å². The summed E-state index contributed by atoms with van der Waals surface area (Å²) >= 11 is 0. The molecule has 1 unspecified atom stereocenters. The van der Waals surface area contributed by atoms with Gasteiger partial charge in [-0.05, 0) is 44.5 Å². The van der Waals surface area contributed by atoms with E-state index in [1.807, 2.05) is 35.2 Å². The van der Waals surface area contributed by atoms with Crippen LogP contribution in [0.3, 0.4) is 0 Å². The van der Waals surface area contributed by atoms with Crippen molar-refractivity contribution >= 4 is 11.9 Å². The summed E-state index contributed by atoms with van der Waals surface area (Å²) in [6.07, 6.45) is 5.53. The van der Waals surface area contributed by atoms with E-state index in [0.717, 1.165) is 29.9 Å². The minimum absolute atomic E-state index is 0.111. The minimum atomic E-state index is 0.111. The number of piperidine rings is 1. The van der Waals surface area contributed by atoms with Gasteiger partial charge in [0, 0.05) is 42.5 Å². The van der Waals surface area contributed by atoms with Gasteiger partial charge in [0.2, 0.25) is 5.95 Å². The lowest BCUT2D eigenvalue weighted by atomic mass is 9.97. The number of aromatic nitrogens is 2. The lowest BCUT2D eigenvalue weighted by Gasteiger charge is -2.49. The topological polar surface area (TPSA) is 75.3 Å². The van der Waals surface area contributed by atoms with E-state index in [1.54, 1.807) is 6.20 Å². The van der Waals surface area contributed by atoms with Gasteiger partial charge in [-0.15, -0.1) is 0 Å². The van der Waals surface area contributed by atoms with Gasteiger partial charge in [-0.3, -0.25) is 9.69 Å². The molecule has 1 aromatic heterocycles. The maximum absolute atomic E-state index is 12.7. The molecule has 0 bridgehead atoms. The fraction of sp³-hybridized carbons (Fsp3) is 0.450. The van der Waals surface area contributed by atoms with E-state index in [2.05, 4.69) is 21.8 Å². The Hall–Kier alpha value is -2.47. The van der Waals surface area contributed by atoms with E-state index >= 15 is 0 Å². The molecule has 1 amide bonds. The quantitative estimate of drug-likeness (QED) is 0.919. The van der Waals surface area contributed by atoms with Crippen LogP contribution in [-0.4, -0.2) is 57.4 Å². The van der Waals surface area contributed by atoms with Gasteiger partial charge >= 0.3 is 0 Å². The molecule has 0 spiro atoms. The monoisotopic (exact) mass is 351 g/mol. The molecule has 1 aromatic carbocycles. The number of hydrogen-bond donors (Lipinski definition) is 1. The maximum Gasteiger partial charge on any atom is 0.253 e. The molecule has 1 atom stereocenters. The molecule has 2 aromatic rings. The summed E-state index contributed by atoms with van der Waals surface area (Å²) in [5, 5.41) is 0. The highest BCUT2D eigenvalue weighted by Crippen LogP contribution is 2.26. The van der Waals surface area contributed by atoms with Crippen LogP contribution in [0.5, 0.6) is 0 Å². The average molecular weight is 351 g/mol. The number of benzene rings is 1. The van der Waals surface area contributed by atoms with Crippen molar-refractivity contribution in [3.8, 4) is 11.3 Å². The number of anilines is 1. The first-order chi connectivity index (χ1) is 12.6. The number of rotatable bonds is 3. The number of nitrogens with zero attached hydrogens (tertiary/aromatic N) is 4. The Labute approximate surface area is 154 Å². The Kier molecular flexibility index (Phi) is 4.59. The average Bonchev–Trinajstić information content (AvgIpc) is 2.62. The highest BCUT2D eigenvalue weighted by Gasteiger charge is 2.37. The molecule has 26 heavy (non-hydrogen) atoms. The maximum atomic E-state index is 12.7. The summed E-state index contributed by atoms with van der Waals surface area (Å²) in [6, 6.07) is 10.5. The third kappa shape index (κ3) is 3.29. The van der Waals surface area contributed by atoms with Gasteiger partial charge in [0.15, 0.2) is 0 Å². The van der Waals surface area contributed by atoms with Gasteiger partial charge in [0.05, 0.1) is 5.69 Å².